The van der Waals surface area contributed by atoms with Crippen molar-refractivity contribution in [3.05, 3.63) is 22.4 Å². The highest BCUT2D eigenvalue weighted by Gasteiger charge is 2.24. The first-order valence-electron chi connectivity index (χ1n) is 4.75. The molecule has 1 aliphatic heterocycles. The fourth-order valence-corrected chi connectivity index (χ4v) is 2.51. The number of thiophene rings is 1. The Kier molecular flexibility index (Phi) is 2.96. The lowest BCUT2D eigenvalue weighted by Crippen LogP contribution is -2.32. The van der Waals surface area contributed by atoms with Crippen LogP contribution < -0.4 is 5.32 Å². The van der Waals surface area contributed by atoms with Gasteiger partial charge in [0.2, 0.25) is 0 Å². The van der Waals surface area contributed by atoms with Crippen LogP contribution in [0.3, 0.4) is 0 Å². The Morgan fingerprint density at radius 3 is 3.15 bits per heavy atom. The van der Waals surface area contributed by atoms with Crippen LogP contribution in [0.1, 0.15) is 24.6 Å². The zero-order valence-electron chi connectivity index (χ0n) is 7.50. The largest absolute Gasteiger partial charge is 0.316 e. The SMILES string of the molecule is FC(c1ccsc1)C1CCCNC1. The Hall–Kier alpha value is -0.410. The van der Waals surface area contributed by atoms with Crippen LogP contribution >= 0.6 is 11.3 Å². The van der Waals surface area contributed by atoms with E-state index in [2.05, 4.69) is 5.32 Å². The predicted octanol–water partition coefficient (Wildman–Crippen LogP) is 2.76. The van der Waals surface area contributed by atoms with Gasteiger partial charge in [-0.15, -0.1) is 0 Å². The Balaban J connectivity index is 1.99. The first-order chi connectivity index (χ1) is 6.38. The minimum Gasteiger partial charge on any atom is -0.316 e. The van der Waals surface area contributed by atoms with E-state index in [1.165, 1.54) is 0 Å². The van der Waals surface area contributed by atoms with Crippen LogP contribution in [0.4, 0.5) is 4.39 Å². The summed E-state index contributed by atoms with van der Waals surface area (Å²) in [4.78, 5) is 0. The first-order valence-corrected chi connectivity index (χ1v) is 5.69. The Morgan fingerprint density at radius 2 is 2.54 bits per heavy atom. The third-order valence-corrected chi connectivity index (χ3v) is 3.31. The van der Waals surface area contributed by atoms with Crippen LogP contribution in [0.5, 0.6) is 0 Å². The van der Waals surface area contributed by atoms with Gasteiger partial charge in [0.05, 0.1) is 0 Å². The molecule has 2 atom stereocenters. The molecule has 0 aromatic carbocycles. The van der Waals surface area contributed by atoms with Gasteiger partial charge in [0.1, 0.15) is 6.17 Å². The minimum atomic E-state index is -0.765. The number of rotatable bonds is 2. The van der Waals surface area contributed by atoms with Crippen LogP contribution in [0, 0.1) is 5.92 Å². The molecule has 1 N–H and O–H groups in total. The third kappa shape index (κ3) is 2.09. The number of piperidine rings is 1. The highest BCUT2D eigenvalue weighted by molar-refractivity contribution is 7.07. The Bertz CT molecular complexity index is 241. The molecular formula is C10H14FNS. The summed E-state index contributed by atoms with van der Waals surface area (Å²) < 4.78 is 13.8. The third-order valence-electron chi connectivity index (χ3n) is 2.61. The highest BCUT2D eigenvalue weighted by Crippen LogP contribution is 2.31. The van der Waals surface area contributed by atoms with E-state index in [1.807, 2.05) is 16.8 Å². The molecule has 1 aromatic heterocycles. The average Bonchev–Trinajstić information content (AvgIpc) is 2.71. The van der Waals surface area contributed by atoms with Crippen molar-refractivity contribution in [3.63, 3.8) is 0 Å². The molecule has 72 valence electrons. The van der Waals surface area contributed by atoms with Crippen LogP contribution in [0.25, 0.3) is 0 Å². The van der Waals surface area contributed by atoms with Crippen LogP contribution in [0.15, 0.2) is 16.8 Å². The summed E-state index contributed by atoms with van der Waals surface area (Å²) in [5.74, 6) is 0.184. The van der Waals surface area contributed by atoms with E-state index in [1.54, 1.807) is 11.3 Å². The number of hydrogen-bond acceptors (Lipinski definition) is 2. The molecule has 0 aliphatic carbocycles. The zero-order chi connectivity index (χ0) is 9.10. The molecule has 3 heteroatoms. The van der Waals surface area contributed by atoms with Gasteiger partial charge in [-0.2, -0.15) is 11.3 Å². The second kappa shape index (κ2) is 4.20. The summed E-state index contributed by atoms with van der Waals surface area (Å²) in [7, 11) is 0. The van der Waals surface area contributed by atoms with E-state index in [0.717, 1.165) is 31.5 Å². The molecular weight excluding hydrogens is 185 g/mol. The summed E-state index contributed by atoms with van der Waals surface area (Å²) in [5.41, 5.74) is 0.860. The number of hydrogen-bond donors (Lipinski definition) is 1. The van der Waals surface area contributed by atoms with Crippen LogP contribution in [0.2, 0.25) is 0 Å². The molecule has 0 bridgehead atoms. The summed E-state index contributed by atoms with van der Waals surface area (Å²) in [6, 6.07) is 1.89. The molecule has 2 unspecified atom stereocenters. The first kappa shape index (κ1) is 9.16. The van der Waals surface area contributed by atoms with Crippen LogP contribution in [-0.2, 0) is 0 Å². The van der Waals surface area contributed by atoms with Gasteiger partial charge < -0.3 is 5.32 Å². The number of nitrogens with one attached hydrogen (secondary N) is 1. The lowest BCUT2D eigenvalue weighted by molar-refractivity contribution is 0.195. The van der Waals surface area contributed by atoms with Gasteiger partial charge in [0, 0.05) is 12.5 Å². The quantitative estimate of drug-likeness (QED) is 0.772. The molecule has 1 saturated heterocycles. The van der Waals surface area contributed by atoms with Crippen molar-refractivity contribution in [2.24, 2.45) is 5.92 Å². The van der Waals surface area contributed by atoms with Crippen molar-refractivity contribution in [1.29, 1.82) is 0 Å². The smallest absolute Gasteiger partial charge is 0.130 e. The van der Waals surface area contributed by atoms with Gasteiger partial charge in [-0.1, -0.05) is 0 Å². The van der Waals surface area contributed by atoms with Crippen molar-refractivity contribution in [3.8, 4) is 0 Å². The summed E-state index contributed by atoms with van der Waals surface area (Å²) in [6.07, 6.45) is 1.36. The van der Waals surface area contributed by atoms with E-state index in [-0.39, 0.29) is 5.92 Å². The fraction of sp³-hybridized carbons (Fsp3) is 0.600. The van der Waals surface area contributed by atoms with Gasteiger partial charge in [0.15, 0.2) is 0 Å². The zero-order valence-corrected chi connectivity index (χ0v) is 8.32. The molecule has 1 nitrogen and oxygen atoms in total. The standard InChI is InChI=1S/C10H14FNS/c11-10(9-3-5-13-7-9)8-2-1-4-12-6-8/h3,5,7-8,10,12H,1-2,4,6H2. The minimum absolute atomic E-state index is 0.184. The van der Waals surface area contributed by atoms with Crippen molar-refractivity contribution in [2.45, 2.75) is 19.0 Å². The molecule has 1 fully saturated rings. The summed E-state index contributed by atoms with van der Waals surface area (Å²) in [6.45, 7) is 1.88. The van der Waals surface area contributed by atoms with Crippen molar-refractivity contribution in [1.82, 2.24) is 5.32 Å². The molecule has 13 heavy (non-hydrogen) atoms. The van der Waals surface area contributed by atoms with Gasteiger partial charge in [-0.25, -0.2) is 4.39 Å². The van der Waals surface area contributed by atoms with Gasteiger partial charge >= 0.3 is 0 Å². The molecule has 2 rings (SSSR count). The summed E-state index contributed by atoms with van der Waals surface area (Å²) in [5, 5.41) is 7.10. The summed E-state index contributed by atoms with van der Waals surface area (Å²) >= 11 is 1.57. The Morgan fingerprint density at radius 1 is 1.62 bits per heavy atom. The molecule has 0 spiro atoms. The number of halogens is 1. The molecule has 0 radical (unpaired) electrons. The average molecular weight is 199 g/mol. The monoisotopic (exact) mass is 199 g/mol. The number of alkyl halides is 1. The molecule has 1 aromatic rings. The van der Waals surface area contributed by atoms with Gasteiger partial charge in [0.25, 0.3) is 0 Å². The van der Waals surface area contributed by atoms with Gasteiger partial charge in [-0.05, 0) is 41.8 Å². The maximum Gasteiger partial charge on any atom is 0.130 e. The topological polar surface area (TPSA) is 12.0 Å². The lowest BCUT2D eigenvalue weighted by Gasteiger charge is -2.25. The van der Waals surface area contributed by atoms with Gasteiger partial charge in [-0.3, -0.25) is 0 Å². The van der Waals surface area contributed by atoms with E-state index in [9.17, 15) is 4.39 Å². The van der Waals surface area contributed by atoms with Crippen molar-refractivity contribution < 1.29 is 4.39 Å². The maximum absolute atomic E-state index is 13.8. The second-order valence-corrected chi connectivity index (χ2v) is 4.34. The van der Waals surface area contributed by atoms with E-state index in [4.69, 9.17) is 0 Å². The lowest BCUT2D eigenvalue weighted by atomic mass is 9.92. The Labute approximate surface area is 82.0 Å². The van der Waals surface area contributed by atoms with E-state index < -0.39 is 6.17 Å². The maximum atomic E-state index is 13.8. The normalized spacial score (nSPS) is 25.8. The predicted molar refractivity (Wildman–Crippen MR) is 53.8 cm³/mol. The van der Waals surface area contributed by atoms with Crippen LogP contribution in [-0.4, -0.2) is 13.1 Å². The second-order valence-electron chi connectivity index (χ2n) is 3.56. The fourth-order valence-electron chi connectivity index (χ4n) is 1.83. The van der Waals surface area contributed by atoms with E-state index in [0.29, 0.717) is 0 Å². The van der Waals surface area contributed by atoms with E-state index >= 15 is 0 Å². The molecule has 2 heterocycles. The highest BCUT2D eigenvalue weighted by atomic mass is 32.1. The van der Waals surface area contributed by atoms with Crippen molar-refractivity contribution in [2.75, 3.05) is 13.1 Å². The molecule has 1 aliphatic rings. The molecule has 0 saturated carbocycles. The van der Waals surface area contributed by atoms with Crippen molar-refractivity contribution >= 4 is 11.3 Å². The molecule has 0 amide bonds.